The molecule has 0 radical (unpaired) electrons. The molecule has 0 amide bonds. The van der Waals surface area contributed by atoms with E-state index in [4.69, 9.17) is 5.41 Å². The van der Waals surface area contributed by atoms with E-state index < -0.39 is 0 Å². The molecule has 0 fully saturated rings. The van der Waals surface area contributed by atoms with Crippen LogP contribution >= 0.6 is 0 Å². The van der Waals surface area contributed by atoms with Gasteiger partial charge in [-0.05, 0) is 39.0 Å². The molecule has 2 aromatic rings. The minimum Gasteiger partial charge on any atom is -0.383 e. The summed E-state index contributed by atoms with van der Waals surface area (Å²) in [6, 6.07) is 5.66. The van der Waals surface area contributed by atoms with Crippen LogP contribution in [0.2, 0.25) is 0 Å². The normalized spacial score (nSPS) is 15.8. The summed E-state index contributed by atoms with van der Waals surface area (Å²) in [7, 11) is 3.67. The van der Waals surface area contributed by atoms with Gasteiger partial charge in [-0.15, -0.1) is 0 Å². The van der Waals surface area contributed by atoms with Crippen molar-refractivity contribution < 1.29 is 0 Å². The van der Waals surface area contributed by atoms with Crippen molar-refractivity contribution in [2.24, 2.45) is 18.1 Å². The molecule has 0 aliphatic carbocycles. The first-order valence-electron chi connectivity index (χ1n) is 9.78. The summed E-state index contributed by atoms with van der Waals surface area (Å²) >= 11 is 0. The lowest BCUT2D eigenvalue weighted by atomic mass is 10.1. The van der Waals surface area contributed by atoms with Gasteiger partial charge >= 0.3 is 0 Å². The molecule has 29 heavy (non-hydrogen) atoms. The standard InChI is InChI=1S/C21H29N7O/c1-13(2)25-20-18(23-10-15-11-24-28(5)12-15)9-17(26-19(20)14(3)22)16-7-6-8-27(4)21(16)29/h6-9,11,13,15,22,25H,10,12H2,1-5H3,(H,23,26). The number of anilines is 2. The highest BCUT2D eigenvalue weighted by Crippen LogP contribution is 2.31. The van der Waals surface area contributed by atoms with Gasteiger partial charge in [0, 0.05) is 51.6 Å². The molecule has 2 aromatic heterocycles. The van der Waals surface area contributed by atoms with Crippen LogP contribution in [0, 0.1) is 11.3 Å². The fourth-order valence-electron chi connectivity index (χ4n) is 3.32. The first kappa shape index (κ1) is 20.6. The van der Waals surface area contributed by atoms with Gasteiger partial charge in [-0.1, -0.05) is 0 Å². The number of hydrogen-bond donors (Lipinski definition) is 3. The second kappa shape index (κ2) is 8.46. The number of hydrazone groups is 1. The van der Waals surface area contributed by atoms with Gasteiger partial charge in [-0.2, -0.15) is 5.10 Å². The van der Waals surface area contributed by atoms with E-state index in [-0.39, 0.29) is 17.5 Å². The summed E-state index contributed by atoms with van der Waals surface area (Å²) in [6.45, 7) is 7.36. The zero-order chi connectivity index (χ0) is 21.1. The van der Waals surface area contributed by atoms with Crippen LogP contribution < -0.4 is 16.2 Å². The molecule has 8 nitrogen and oxygen atoms in total. The van der Waals surface area contributed by atoms with Crippen LogP contribution in [-0.4, -0.2) is 52.7 Å². The Morgan fingerprint density at radius 2 is 2.14 bits per heavy atom. The molecule has 1 unspecified atom stereocenters. The number of hydrogen-bond acceptors (Lipinski definition) is 7. The third kappa shape index (κ3) is 4.64. The van der Waals surface area contributed by atoms with Crippen LogP contribution in [-0.2, 0) is 7.05 Å². The summed E-state index contributed by atoms with van der Waals surface area (Å²) in [4.78, 5) is 17.3. The van der Waals surface area contributed by atoms with E-state index >= 15 is 0 Å². The molecular formula is C21H29N7O. The fourth-order valence-corrected chi connectivity index (χ4v) is 3.32. The van der Waals surface area contributed by atoms with Crippen molar-refractivity contribution in [3.05, 3.63) is 40.4 Å². The second-order valence-electron chi connectivity index (χ2n) is 7.79. The Labute approximate surface area is 171 Å². The van der Waals surface area contributed by atoms with Gasteiger partial charge in [0.15, 0.2) is 0 Å². The summed E-state index contributed by atoms with van der Waals surface area (Å²) < 4.78 is 1.53. The Hall–Kier alpha value is -3.16. The Kier molecular flexibility index (Phi) is 6.00. The molecule has 154 valence electrons. The maximum Gasteiger partial charge on any atom is 0.259 e. The van der Waals surface area contributed by atoms with Gasteiger partial charge in [0.2, 0.25) is 0 Å². The fraction of sp³-hybridized carbons (Fsp3) is 0.429. The number of aryl methyl sites for hydroxylation is 1. The zero-order valence-electron chi connectivity index (χ0n) is 17.7. The van der Waals surface area contributed by atoms with Crippen molar-refractivity contribution in [2.75, 3.05) is 30.8 Å². The maximum atomic E-state index is 12.6. The first-order valence-corrected chi connectivity index (χ1v) is 9.78. The van der Waals surface area contributed by atoms with Crippen molar-refractivity contribution in [3.63, 3.8) is 0 Å². The largest absolute Gasteiger partial charge is 0.383 e. The van der Waals surface area contributed by atoms with Crippen molar-refractivity contribution in [2.45, 2.75) is 26.8 Å². The van der Waals surface area contributed by atoms with E-state index in [1.807, 2.05) is 44.3 Å². The predicted octanol–water partition coefficient (Wildman–Crippen LogP) is 2.61. The summed E-state index contributed by atoms with van der Waals surface area (Å²) in [6.07, 6.45) is 3.67. The highest BCUT2D eigenvalue weighted by atomic mass is 16.1. The van der Waals surface area contributed by atoms with Crippen LogP contribution in [0.1, 0.15) is 26.5 Å². The number of aromatic nitrogens is 2. The van der Waals surface area contributed by atoms with E-state index in [0.717, 1.165) is 17.9 Å². The second-order valence-corrected chi connectivity index (χ2v) is 7.79. The van der Waals surface area contributed by atoms with E-state index in [1.165, 1.54) is 4.57 Å². The minimum absolute atomic E-state index is 0.117. The third-order valence-corrected chi connectivity index (χ3v) is 4.73. The lowest BCUT2D eigenvalue weighted by molar-refractivity contribution is 0.365. The van der Waals surface area contributed by atoms with Gasteiger partial charge in [0.05, 0.1) is 28.3 Å². The monoisotopic (exact) mass is 395 g/mol. The summed E-state index contributed by atoms with van der Waals surface area (Å²) in [5.41, 5.74) is 3.45. The molecule has 3 heterocycles. The van der Waals surface area contributed by atoms with E-state index in [0.29, 0.717) is 29.2 Å². The van der Waals surface area contributed by atoms with Crippen LogP contribution in [0.15, 0.2) is 34.3 Å². The number of rotatable bonds is 7. The molecule has 8 heteroatoms. The molecule has 0 aromatic carbocycles. The Balaban J connectivity index is 2.07. The highest BCUT2D eigenvalue weighted by Gasteiger charge is 2.20. The molecule has 3 N–H and O–H groups in total. The lowest BCUT2D eigenvalue weighted by Crippen LogP contribution is -2.23. The van der Waals surface area contributed by atoms with Gasteiger partial charge < -0.3 is 20.6 Å². The minimum atomic E-state index is -0.117. The van der Waals surface area contributed by atoms with Crippen LogP contribution in [0.5, 0.6) is 0 Å². The lowest BCUT2D eigenvalue weighted by Gasteiger charge is -2.21. The van der Waals surface area contributed by atoms with Crippen LogP contribution in [0.3, 0.4) is 0 Å². The number of nitrogens with one attached hydrogen (secondary N) is 3. The van der Waals surface area contributed by atoms with E-state index in [1.54, 1.807) is 26.2 Å². The molecule has 3 rings (SSSR count). The quantitative estimate of drug-likeness (QED) is 0.626. The zero-order valence-corrected chi connectivity index (χ0v) is 17.7. The average Bonchev–Trinajstić information content (AvgIpc) is 3.07. The van der Waals surface area contributed by atoms with Gasteiger partial charge in [0.25, 0.3) is 5.56 Å². The first-order chi connectivity index (χ1) is 13.8. The van der Waals surface area contributed by atoms with Crippen molar-refractivity contribution >= 4 is 23.3 Å². The number of nitrogens with zero attached hydrogens (tertiary/aromatic N) is 4. The Morgan fingerprint density at radius 3 is 2.76 bits per heavy atom. The Morgan fingerprint density at radius 1 is 1.38 bits per heavy atom. The van der Waals surface area contributed by atoms with Crippen molar-refractivity contribution in [1.29, 1.82) is 5.41 Å². The molecule has 1 aliphatic rings. The van der Waals surface area contributed by atoms with Crippen molar-refractivity contribution in [1.82, 2.24) is 14.6 Å². The predicted molar refractivity (Wildman–Crippen MR) is 119 cm³/mol. The number of pyridine rings is 2. The summed E-state index contributed by atoms with van der Waals surface area (Å²) in [5, 5.41) is 21.4. The molecular weight excluding hydrogens is 366 g/mol. The van der Waals surface area contributed by atoms with Gasteiger partial charge in [0.1, 0.15) is 5.69 Å². The molecule has 0 saturated heterocycles. The van der Waals surface area contributed by atoms with Gasteiger partial charge in [-0.3, -0.25) is 9.80 Å². The highest BCUT2D eigenvalue weighted by molar-refractivity contribution is 6.03. The maximum absolute atomic E-state index is 12.6. The SMILES string of the molecule is CC(=N)c1nc(-c2cccn(C)c2=O)cc(NCC2C=NN(C)C2)c1NC(C)C. The molecule has 1 atom stereocenters. The van der Waals surface area contributed by atoms with Crippen molar-refractivity contribution in [3.8, 4) is 11.3 Å². The average molecular weight is 396 g/mol. The third-order valence-electron chi connectivity index (χ3n) is 4.73. The molecule has 0 spiro atoms. The van der Waals surface area contributed by atoms with Crippen LogP contribution in [0.25, 0.3) is 11.3 Å². The Bertz CT molecular complexity index is 993. The molecule has 0 bridgehead atoms. The van der Waals surface area contributed by atoms with Gasteiger partial charge in [-0.25, -0.2) is 4.98 Å². The topological polar surface area (TPSA) is 98.4 Å². The van der Waals surface area contributed by atoms with E-state index in [9.17, 15) is 4.79 Å². The summed E-state index contributed by atoms with van der Waals surface area (Å²) in [5.74, 6) is 0.289. The molecule has 1 aliphatic heterocycles. The van der Waals surface area contributed by atoms with Crippen LogP contribution in [0.4, 0.5) is 11.4 Å². The smallest absolute Gasteiger partial charge is 0.259 e. The molecule has 0 saturated carbocycles. The van der Waals surface area contributed by atoms with E-state index in [2.05, 4.69) is 20.7 Å².